The fraction of sp³-hybridized carbons (Fsp3) is 0.625. The summed E-state index contributed by atoms with van der Waals surface area (Å²) in [7, 11) is 0. The second-order valence-corrected chi connectivity index (χ2v) is 5.89. The Bertz CT molecular complexity index is 421. The van der Waals surface area contributed by atoms with Gasteiger partial charge >= 0.3 is 0 Å². The van der Waals surface area contributed by atoms with Crippen LogP contribution in [0.1, 0.15) is 31.2 Å². The first-order valence-electron chi connectivity index (χ1n) is 7.53. The molecule has 104 valence electrons. The quantitative estimate of drug-likeness (QED) is 0.897. The van der Waals surface area contributed by atoms with Crippen molar-refractivity contribution in [2.45, 2.75) is 44.2 Å². The van der Waals surface area contributed by atoms with Crippen LogP contribution in [0.2, 0.25) is 0 Å². The Morgan fingerprint density at radius 2 is 2.21 bits per heavy atom. The lowest BCUT2D eigenvalue weighted by atomic mass is 9.97. The van der Waals surface area contributed by atoms with Crippen molar-refractivity contribution in [3.8, 4) is 0 Å². The Morgan fingerprint density at radius 3 is 3.11 bits per heavy atom. The highest BCUT2D eigenvalue weighted by Crippen LogP contribution is 2.26. The van der Waals surface area contributed by atoms with Crippen molar-refractivity contribution in [3.05, 3.63) is 35.6 Å². The van der Waals surface area contributed by atoms with Gasteiger partial charge in [0.15, 0.2) is 0 Å². The van der Waals surface area contributed by atoms with Crippen LogP contribution < -0.4 is 5.32 Å². The summed E-state index contributed by atoms with van der Waals surface area (Å²) in [6, 6.07) is 8.42. The fourth-order valence-electron chi connectivity index (χ4n) is 3.52. The third-order valence-electron chi connectivity index (χ3n) is 4.56. The molecule has 0 amide bonds. The molecule has 3 rings (SSSR count). The maximum atomic E-state index is 13.1. The minimum absolute atomic E-state index is 0.128. The number of halogens is 1. The smallest absolute Gasteiger partial charge is 0.123 e. The van der Waals surface area contributed by atoms with Crippen LogP contribution >= 0.6 is 0 Å². The molecule has 1 aromatic rings. The molecule has 2 heterocycles. The number of nitrogens with zero attached hydrogens (tertiary/aromatic N) is 1. The summed E-state index contributed by atoms with van der Waals surface area (Å²) in [4.78, 5) is 2.64. The molecule has 3 heteroatoms. The number of hydrogen-bond acceptors (Lipinski definition) is 2. The second-order valence-electron chi connectivity index (χ2n) is 5.89. The summed E-state index contributed by atoms with van der Waals surface area (Å²) >= 11 is 0. The maximum absolute atomic E-state index is 13.1. The van der Waals surface area contributed by atoms with Gasteiger partial charge in [-0.1, -0.05) is 12.1 Å². The molecule has 0 aromatic heterocycles. The number of benzene rings is 1. The summed E-state index contributed by atoms with van der Waals surface area (Å²) in [5.74, 6) is -0.128. The summed E-state index contributed by atoms with van der Waals surface area (Å²) in [6.45, 7) is 3.52. The van der Waals surface area contributed by atoms with Gasteiger partial charge in [-0.05, 0) is 69.4 Å². The van der Waals surface area contributed by atoms with Crippen molar-refractivity contribution in [1.82, 2.24) is 10.2 Å². The largest absolute Gasteiger partial charge is 0.314 e. The van der Waals surface area contributed by atoms with Gasteiger partial charge in [0.1, 0.15) is 5.82 Å². The molecule has 1 N–H and O–H groups in total. The molecule has 0 radical (unpaired) electrons. The Balaban J connectivity index is 1.43. The average molecular weight is 262 g/mol. The van der Waals surface area contributed by atoms with Gasteiger partial charge in [0.25, 0.3) is 0 Å². The van der Waals surface area contributed by atoms with Crippen molar-refractivity contribution in [2.24, 2.45) is 0 Å². The molecule has 2 fully saturated rings. The van der Waals surface area contributed by atoms with E-state index in [1.165, 1.54) is 44.8 Å². The molecule has 2 atom stereocenters. The molecular formula is C16H23FN2. The molecule has 0 aliphatic carbocycles. The molecule has 2 unspecified atom stereocenters. The monoisotopic (exact) mass is 262 g/mol. The van der Waals surface area contributed by atoms with Gasteiger partial charge in [-0.25, -0.2) is 4.39 Å². The number of nitrogens with one attached hydrogen (secondary N) is 1. The van der Waals surface area contributed by atoms with Crippen LogP contribution in [-0.4, -0.2) is 36.6 Å². The zero-order valence-corrected chi connectivity index (χ0v) is 11.4. The van der Waals surface area contributed by atoms with Crippen molar-refractivity contribution < 1.29 is 4.39 Å². The van der Waals surface area contributed by atoms with Crippen molar-refractivity contribution in [1.29, 1.82) is 0 Å². The second kappa shape index (κ2) is 6.02. The first kappa shape index (κ1) is 13.1. The highest BCUT2D eigenvalue weighted by molar-refractivity contribution is 5.16. The van der Waals surface area contributed by atoms with Crippen LogP contribution in [0.4, 0.5) is 4.39 Å². The lowest BCUT2D eigenvalue weighted by Crippen LogP contribution is -2.46. The summed E-state index contributed by atoms with van der Waals surface area (Å²) in [6.07, 6.45) is 6.23. The lowest BCUT2D eigenvalue weighted by Gasteiger charge is -2.35. The molecular weight excluding hydrogens is 239 g/mol. The first-order chi connectivity index (χ1) is 9.31. The molecule has 19 heavy (non-hydrogen) atoms. The van der Waals surface area contributed by atoms with Crippen LogP contribution in [0.5, 0.6) is 0 Å². The lowest BCUT2D eigenvalue weighted by molar-refractivity contribution is 0.167. The van der Waals surface area contributed by atoms with E-state index in [2.05, 4.69) is 10.2 Å². The molecule has 2 aliphatic heterocycles. The highest BCUT2D eigenvalue weighted by atomic mass is 19.1. The number of piperidine rings is 1. The maximum Gasteiger partial charge on any atom is 0.123 e. The van der Waals surface area contributed by atoms with E-state index in [4.69, 9.17) is 0 Å². The van der Waals surface area contributed by atoms with Crippen LogP contribution in [0.25, 0.3) is 0 Å². The van der Waals surface area contributed by atoms with E-state index in [-0.39, 0.29) is 5.82 Å². The third kappa shape index (κ3) is 3.34. The van der Waals surface area contributed by atoms with E-state index in [0.29, 0.717) is 6.04 Å². The van der Waals surface area contributed by atoms with Crippen LogP contribution in [0.15, 0.2) is 24.3 Å². The van der Waals surface area contributed by atoms with E-state index in [0.717, 1.165) is 24.6 Å². The molecule has 0 bridgehead atoms. The Morgan fingerprint density at radius 1 is 1.26 bits per heavy atom. The molecule has 2 aliphatic rings. The van der Waals surface area contributed by atoms with Crippen molar-refractivity contribution >= 4 is 0 Å². The zero-order chi connectivity index (χ0) is 13.1. The van der Waals surface area contributed by atoms with E-state index in [9.17, 15) is 4.39 Å². The predicted molar refractivity (Wildman–Crippen MR) is 75.7 cm³/mol. The van der Waals surface area contributed by atoms with Gasteiger partial charge in [-0.3, -0.25) is 0 Å². The van der Waals surface area contributed by atoms with Crippen molar-refractivity contribution in [3.63, 3.8) is 0 Å². The SMILES string of the molecule is Fc1cccc(CCNC2CCN3CCCC3C2)c1. The van der Waals surface area contributed by atoms with E-state index in [1.807, 2.05) is 6.07 Å². The normalized spacial score (nSPS) is 27.4. The topological polar surface area (TPSA) is 15.3 Å². The van der Waals surface area contributed by atoms with Gasteiger partial charge in [0.05, 0.1) is 0 Å². The van der Waals surface area contributed by atoms with Crippen LogP contribution in [0, 0.1) is 5.82 Å². The Kier molecular flexibility index (Phi) is 4.14. The minimum Gasteiger partial charge on any atom is -0.314 e. The fourth-order valence-corrected chi connectivity index (χ4v) is 3.52. The first-order valence-corrected chi connectivity index (χ1v) is 7.53. The van der Waals surface area contributed by atoms with E-state index >= 15 is 0 Å². The molecule has 2 nitrogen and oxygen atoms in total. The zero-order valence-electron chi connectivity index (χ0n) is 11.4. The summed E-state index contributed by atoms with van der Waals surface area (Å²) in [5, 5.41) is 3.65. The molecule has 2 saturated heterocycles. The minimum atomic E-state index is -0.128. The van der Waals surface area contributed by atoms with Crippen LogP contribution in [-0.2, 0) is 6.42 Å². The highest BCUT2D eigenvalue weighted by Gasteiger charge is 2.31. The van der Waals surface area contributed by atoms with Gasteiger partial charge in [-0.2, -0.15) is 0 Å². The Hall–Kier alpha value is -0.930. The molecule has 0 spiro atoms. The average Bonchev–Trinajstić information content (AvgIpc) is 2.86. The summed E-state index contributed by atoms with van der Waals surface area (Å²) in [5.41, 5.74) is 1.09. The van der Waals surface area contributed by atoms with Gasteiger partial charge < -0.3 is 10.2 Å². The predicted octanol–water partition coefficient (Wildman–Crippen LogP) is 2.58. The van der Waals surface area contributed by atoms with Gasteiger partial charge in [-0.15, -0.1) is 0 Å². The van der Waals surface area contributed by atoms with Crippen molar-refractivity contribution in [2.75, 3.05) is 19.6 Å². The van der Waals surface area contributed by atoms with Crippen LogP contribution in [0.3, 0.4) is 0 Å². The Labute approximate surface area is 115 Å². The van der Waals surface area contributed by atoms with E-state index < -0.39 is 0 Å². The third-order valence-corrected chi connectivity index (χ3v) is 4.56. The number of fused-ring (bicyclic) bond motifs is 1. The van der Waals surface area contributed by atoms with E-state index in [1.54, 1.807) is 12.1 Å². The number of hydrogen-bond donors (Lipinski definition) is 1. The standard InChI is InChI=1S/C16H23FN2/c17-14-4-1-3-13(11-14)6-8-18-15-7-10-19-9-2-5-16(19)12-15/h1,3-4,11,15-16,18H,2,5-10,12H2. The summed E-state index contributed by atoms with van der Waals surface area (Å²) < 4.78 is 13.1. The number of rotatable bonds is 4. The molecule has 1 aromatic carbocycles. The molecule has 0 saturated carbocycles. The van der Waals surface area contributed by atoms with Gasteiger partial charge in [0.2, 0.25) is 0 Å². The van der Waals surface area contributed by atoms with Gasteiger partial charge in [0, 0.05) is 12.1 Å².